The third kappa shape index (κ3) is 6.21. The van der Waals surface area contributed by atoms with Gasteiger partial charge in [0.15, 0.2) is 0 Å². The molecule has 21 heavy (non-hydrogen) atoms. The summed E-state index contributed by atoms with van der Waals surface area (Å²) < 4.78 is 61.6. The summed E-state index contributed by atoms with van der Waals surface area (Å²) in [6, 6.07) is 4.40. The van der Waals surface area contributed by atoms with Crippen molar-refractivity contribution in [1.29, 1.82) is 0 Å². The zero-order valence-electron chi connectivity index (χ0n) is 11.5. The van der Waals surface area contributed by atoms with Gasteiger partial charge in [0.05, 0.1) is 5.02 Å². The van der Waals surface area contributed by atoms with Crippen LogP contribution in [0.5, 0.6) is 0 Å². The molecule has 0 bridgehead atoms. The van der Waals surface area contributed by atoms with Gasteiger partial charge >= 0.3 is 6.18 Å². The first kappa shape index (κ1) is 18.2. The van der Waals surface area contributed by atoms with E-state index in [2.05, 4.69) is 5.32 Å². The molecule has 1 aromatic carbocycles. The molecule has 0 aromatic heterocycles. The fraction of sp³-hybridized carbons (Fsp3) is 0.500. The summed E-state index contributed by atoms with van der Waals surface area (Å²) >= 11 is 5.77. The Morgan fingerprint density at radius 1 is 1.29 bits per heavy atom. The third-order valence-electron chi connectivity index (χ3n) is 2.46. The van der Waals surface area contributed by atoms with E-state index in [4.69, 9.17) is 11.6 Å². The lowest BCUT2D eigenvalue weighted by Crippen LogP contribution is -2.34. The first-order valence-corrected chi connectivity index (χ1v) is 7.95. The summed E-state index contributed by atoms with van der Waals surface area (Å²) in [6.45, 7) is 2.58. The highest BCUT2D eigenvalue weighted by atomic mass is 35.5. The zero-order chi connectivity index (χ0) is 16.3. The molecule has 120 valence electrons. The molecule has 0 spiro atoms. The van der Waals surface area contributed by atoms with Gasteiger partial charge in [0.25, 0.3) is 0 Å². The number of sulfonamides is 1. The third-order valence-corrected chi connectivity index (χ3v) is 4.35. The van der Waals surface area contributed by atoms with Crippen molar-refractivity contribution in [2.24, 2.45) is 0 Å². The van der Waals surface area contributed by atoms with E-state index < -0.39 is 22.7 Å². The predicted molar refractivity (Wildman–Crippen MR) is 74.7 cm³/mol. The molecule has 0 aliphatic heterocycles. The van der Waals surface area contributed by atoms with Crippen molar-refractivity contribution < 1.29 is 21.6 Å². The van der Waals surface area contributed by atoms with Crippen molar-refractivity contribution in [3.8, 4) is 0 Å². The quantitative estimate of drug-likeness (QED) is 0.834. The second kappa shape index (κ2) is 6.95. The maximum absolute atomic E-state index is 12.1. The van der Waals surface area contributed by atoms with E-state index in [1.807, 2.05) is 13.8 Å². The number of benzene rings is 1. The smallest absolute Gasteiger partial charge is 0.310 e. The number of hydrogen-bond donors (Lipinski definition) is 2. The van der Waals surface area contributed by atoms with Gasteiger partial charge in [0, 0.05) is 12.6 Å². The maximum Gasteiger partial charge on any atom is 0.402 e. The average Bonchev–Trinajstić information content (AvgIpc) is 2.34. The van der Waals surface area contributed by atoms with Crippen molar-refractivity contribution in [2.45, 2.75) is 37.5 Å². The molecule has 0 heterocycles. The van der Waals surface area contributed by atoms with Gasteiger partial charge in [-0.1, -0.05) is 31.5 Å². The number of nitrogens with one attached hydrogen (secondary N) is 2. The monoisotopic (exact) mass is 344 g/mol. The molecule has 0 aliphatic rings. The fourth-order valence-corrected chi connectivity index (χ4v) is 3.00. The van der Waals surface area contributed by atoms with Crippen LogP contribution in [0.2, 0.25) is 5.02 Å². The highest BCUT2D eigenvalue weighted by Crippen LogP contribution is 2.23. The minimum Gasteiger partial charge on any atom is -0.310 e. The topological polar surface area (TPSA) is 58.2 Å². The minimum atomic E-state index is -4.63. The Morgan fingerprint density at radius 3 is 2.43 bits per heavy atom. The highest BCUT2D eigenvalue weighted by Gasteiger charge is 2.30. The SMILES string of the molecule is CC(C)NCc1ccc(Cl)c(S(=O)(=O)NCC(F)(F)F)c1. The number of halogens is 4. The Balaban J connectivity index is 2.97. The normalized spacial score (nSPS) is 12.9. The molecule has 0 radical (unpaired) electrons. The summed E-state index contributed by atoms with van der Waals surface area (Å²) in [5.41, 5.74) is 0.612. The lowest BCUT2D eigenvalue weighted by Gasteiger charge is -2.13. The highest BCUT2D eigenvalue weighted by molar-refractivity contribution is 7.89. The summed E-state index contributed by atoms with van der Waals surface area (Å²) in [4.78, 5) is -0.364. The number of alkyl halides is 3. The molecule has 0 saturated heterocycles. The van der Waals surface area contributed by atoms with Gasteiger partial charge < -0.3 is 5.32 Å². The van der Waals surface area contributed by atoms with E-state index in [0.29, 0.717) is 12.1 Å². The summed E-state index contributed by atoms with van der Waals surface area (Å²) in [5.74, 6) is 0. The molecule has 9 heteroatoms. The first-order chi connectivity index (χ1) is 9.51. The lowest BCUT2D eigenvalue weighted by atomic mass is 10.2. The molecule has 4 nitrogen and oxygen atoms in total. The summed E-state index contributed by atoms with van der Waals surface area (Å²) in [6.07, 6.45) is -4.63. The van der Waals surface area contributed by atoms with Crippen LogP contribution in [0, 0.1) is 0 Å². The van der Waals surface area contributed by atoms with Crippen LogP contribution < -0.4 is 10.0 Å². The van der Waals surface area contributed by atoms with Crippen molar-refractivity contribution in [3.63, 3.8) is 0 Å². The zero-order valence-corrected chi connectivity index (χ0v) is 13.0. The molecule has 0 atom stereocenters. The van der Waals surface area contributed by atoms with Crippen molar-refractivity contribution in [2.75, 3.05) is 6.54 Å². The van der Waals surface area contributed by atoms with E-state index >= 15 is 0 Å². The molecule has 0 amide bonds. The molecule has 1 rings (SSSR count). The largest absolute Gasteiger partial charge is 0.402 e. The summed E-state index contributed by atoms with van der Waals surface area (Å²) in [5, 5.41) is 2.95. The van der Waals surface area contributed by atoms with E-state index in [1.54, 1.807) is 6.07 Å². The molecule has 1 aromatic rings. The van der Waals surface area contributed by atoms with Gasteiger partial charge in [-0.15, -0.1) is 0 Å². The average molecular weight is 345 g/mol. The van der Waals surface area contributed by atoms with Gasteiger partial charge in [-0.05, 0) is 17.7 Å². The van der Waals surface area contributed by atoms with Crippen LogP contribution in [0.3, 0.4) is 0 Å². The number of hydrogen-bond acceptors (Lipinski definition) is 3. The van der Waals surface area contributed by atoms with Crippen LogP contribution >= 0.6 is 11.6 Å². The van der Waals surface area contributed by atoms with E-state index in [-0.39, 0.29) is 16.0 Å². The molecule has 2 N–H and O–H groups in total. The van der Waals surface area contributed by atoms with Crippen LogP contribution in [0.1, 0.15) is 19.4 Å². The van der Waals surface area contributed by atoms with E-state index in [9.17, 15) is 21.6 Å². The van der Waals surface area contributed by atoms with Gasteiger partial charge in [-0.3, -0.25) is 0 Å². The standard InChI is InChI=1S/C12H16ClF3N2O2S/c1-8(2)17-6-9-3-4-10(13)11(5-9)21(19,20)18-7-12(14,15)16/h3-5,8,17-18H,6-7H2,1-2H3. The molecule has 0 saturated carbocycles. The maximum atomic E-state index is 12.1. The summed E-state index contributed by atoms with van der Waals surface area (Å²) in [7, 11) is -4.31. The van der Waals surface area contributed by atoms with Gasteiger partial charge in [0.2, 0.25) is 10.0 Å². The molecular formula is C12H16ClF3N2O2S. The van der Waals surface area contributed by atoms with Crippen LogP contribution in [-0.2, 0) is 16.6 Å². The lowest BCUT2D eigenvalue weighted by molar-refractivity contribution is -0.121. The van der Waals surface area contributed by atoms with Gasteiger partial charge in [-0.25, -0.2) is 13.1 Å². The van der Waals surface area contributed by atoms with Crippen LogP contribution in [0.25, 0.3) is 0 Å². The second-order valence-corrected chi connectivity index (χ2v) is 6.88. The fourth-order valence-electron chi connectivity index (χ4n) is 1.44. The van der Waals surface area contributed by atoms with E-state index in [0.717, 1.165) is 0 Å². The molecular weight excluding hydrogens is 329 g/mol. The van der Waals surface area contributed by atoms with Crippen molar-refractivity contribution in [1.82, 2.24) is 10.0 Å². The number of rotatable bonds is 6. The predicted octanol–water partition coefficient (Wildman–Crippen LogP) is 2.68. The Bertz CT molecular complexity index is 589. The van der Waals surface area contributed by atoms with Crippen molar-refractivity contribution >= 4 is 21.6 Å². The Labute approximate surface area is 126 Å². The molecule has 0 fully saturated rings. The molecule has 0 unspecified atom stereocenters. The molecule has 0 aliphatic carbocycles. The first-order valence-electron chi connectivity index (χ1n) is 6.09. The van der Waals surface area contributed by atoms with Crippen LogP contribution in [-0.4, -0.2) is 27.2 Å². The Morgan fingerprint density at radius 2 is 1.90 bits per heavy atom. The van der Waals surface area contributed by atoms with Crippen LogP contribution in [0.4, 0.5) is 13.2 Å². The Kier molecular flexibility index (Phi) is 6.03. The van der Waals surface area contributed by atoms with Gasteiger partial charge in [-0.2, -0.15) is 13.2 Å². The van der Waals surface area contributed by atoms with Gasteiger partial charge in [0.1, 0.15) is 11.4 Å². The second-order valence-electron chi connectivity index (χ2n) is 4.74. The van der Waals surface area contributed by atoms with Crippen LogP contribution in [0.15, 0.2) is 23.1 Å². The van der Waals surface area contributed by atoms with Crippen molar-refractivity contribution in [3.05, 3.63) is 28.8 Å². The van der Waals surface area contributed by atoms with E-state index in [1.165, 1.54) is 16.9 Å². The Hall–Kier alpha value is -0.830. The minimum absolute atomic E-state index is 0.127.